The van der Waals surface area contributed by atoms with E-state index >= 15 is 0 Å². The molecule has 0 spiro atoms. The van der Waals surface area contributed by atoms with Gasteiger partial charge >= 0.3 is 41.8 Å². The second-order valence-electron chi connectivity index (χ2n) is 12.5. The minimum Gasteiger partial charge on any atom is -0.463 e. The molecule has 0 radical (unpaired) electrons. The third-order valence-electron chi connectivity index (χ3n) is 7.63. The van der Waals surface area contributed by atoms with Crippen molar-refractivity contribution in [2.45, 2.75) is 136 Å². The van der Waals surface area contributed by atoms with Crippen molar-refractivity contribution in [3.05, 3.63) is 0 Å². The van der Waals surface area contributed by atoms with E-state index in [0.29, 0.717) is 11.8 Å². The van der Waals surface area contributed by atoms with E-state index in [1.807, 2.05) is 0 Å². The van der Waals surface area contributed by atoms with E-state index in [0.717, 1.165) is 55.4 Å². The first-order valence-corrected chi connectivity index (χ1v) is 17.9. The van der Waals surface area contributed by atoms with E-state index in [4.69, 9.17) is 42.6 Å². The van der Waals surface area contributed by atoms with E-state index in [-0.39, 0.29) is 5.75 Å². The van der Waals surface area contributed by atoms with E-state index in [1.165, 1.54) is 6.92 Å². The summed E-state index contributed by atoms with van der Waals surface area (Å²) >= 11 is 0.671. The fourth-order valence-corrected chi connectivity index (χ4v) is 6.46. The maximum absolute atomic E-state index is 13.9. The number of thioether (sulfide) groups is 1. The third-order valence-corrected chi connectivity index (χ3v) is 8.53. The molecule has 1 saturated heterocycles. The van der Waals surface area contributed by atoms with Crippen LogP contribution in [-0.2, 0) is 90.6 Å². The van der Waals surface area contributed by atoms with Gasteiger partial charge in [0.25, 0.3) is 0 Å². The van der Waals surface area contributed by atoms with E-state index in [1.54, 1.807) is 0 Å². The van der Waals surface area contributed by atoms with Crippen LogP contribution in [0.4, 0.5) is 0 Å². The quantitative estimate of drug-likeness (QED) is 0.118. The standard InChI is InChI=1S/C33H46N2O20S/c1-12(36)34-21(11-56-20(9)44)32(46)35-23-26(49-15(4)39)25(48-14(3)38)22(10-47-13(2)37)54-33(23)55-28-24(45)27(50-16(5)40)29(51-17(6)41)31(53-19(8)43)30(28)52-18(7)42/h21-31,33,45H,10-11H2,1-9H3,(H,34,36)(H,35,46)/t21-,22+,23+,24+,25+,26+,27+,28-,29-,30-,31+,33+/m0/s1. The van der Waals surface area contributed by atoms with Gasteiger partial charge < -0.3 is 58.4 Å². The molecule has 0 aromatic rings. The molecule has 0 aromatic carbocycles. The Balaban J connectivity index is 2.89. The van der Waals surface area contributed by atoms with Crippen molar-refractivity contribution in [2.24, 2.45) is 0 Å². The maximum atomic E-state index is 13.9. The summed E-state index contributed by atoms with van der Waals surface area (Å²) in [6.07, 6.45) is -18.6. The van der Waals surface area contributed by atoms with Crippen molar-refractivity contribution in [1.29, 1.82) is 0 Å². The molecule has 1 heterocycles. The average molecular weight is 823 g/mol. The predicted molar refractivity (Wildman–Crippen MR) is 182 cm³/mol. The molecule has 0 bridgehead atoms. The highest BCUT2D eigenvalue weighted by Crippen LogP contribution is 2.36. The summed E-state index contributed by atoms with van der Waals surface area (Å²) in [6.45, 7) is 8.37. The van der Waals surface area contributed by atoms with Gasteiger partial charge in [0.05, 0.1) is 0 Å². The molecule has 2 amide bonds. The van der Waals surface area contributed by atoms with Gasteiger partial charge in [-0.15, -0.1) is 0 Å². The summed E-state index contributed by atoms with van der Waals surface area (Å²) in [7, 11) is 0. The Morgan fingerprint density at radius 1 is 0.589 bits per heavy atom. The van der Waals surface area contributed by atoms with Crippen LogP contribution in [-0.4, -0.2) is 149 Å². The molecule has 23 heteroatoms. The fraction of sp³-hybridized carbons (Fsp3) is 0.697. The number of carbonyl (C=O) groups excluding carboxylic acids is 10. The summed E-state index contributed by atoms with van der Waals surface area (Å²) in [5, 5.41) is 16.2. The first-order chi connectivity index (χ1) is 26.0. The Labute approximate surface area is 324 Å². The molecule has 1 aliphatic heterocycles. The lowest BCUT2D eigenvalue weighted by atomic mass is 9.83. The van der Waals surface area contributed by atoms with Gasteiger partial charge in [-0.05, 0) is 0 Å². The molecule has 1 aliphatic carbocycles. The monoisotopic (exact) mass is 822 g/mol. The van der Waals surface area contributed by atoms with Crippen LogP contribution in [0.1, 0.15) is 62.3 Å². The number of hydrogen-bond donors (Lipinski definition) is 3. The zero-order valence-electron chi connectivity index (χ0n) is 32.0. The predicted octanol–water partition coefficient (Wildman–Crippen LogP) is -2.11. The van der Waals surface area contributed by atoms with Crippen LogP contribution in [0, 0.1) is 0 Å². The first kappa shape index (κ1) is 47.3. The molecule has 3 N–H and O–H groups in total. The largest absolute Gasteiger partial charge is 0.463 e. The van der Waals surface area contributed by atoms with E-state index in [2.05, 4.69) is 10.6 Å². The van der Waals surface area contributed by atoms with Gasteiger partial charge in [0.15, 0.2) is 48.0 Å². The molecule has 22 nitrogen and oxygen atoms in total. The smallest absolute Gasteiger partial charge is 0.303 e. The lowest BCUT2D eigenvalue weighted by Crippen LogP contribution is -2.72. The highest BCUT2D eigenvalue weighted by Gasteiger charge is 2.60. The zero-order valence-corrected chi connectivity index (χ0v) is 32.8. The molecule has 0 aromatic heterocycles. The van der Waals surface area contributed by atoms with Gasteiger partial charge in [0, 0.05) is 68.1 Å². The summed E-state index contributed by atoms with van der Waals surface area (Å²) < 4.78 is 49.8. The minimum absolute atomic E-state index is 0.304. The number of ether oxygens (including phenoxy) is 9. The number of nitrogens with one attached hydrogen (secondary N) is 2. The van der Waals surface area contributed by atoms with Crippen molar-refractivity contribution in [2.75, 3.05) is 12.4 Å². The molecule has 12 atom stereocenters. The van der Waals surface area contributed by atoms with E-state index in [9.17, 15) is 53.1 Å². The molecular formula is C33H46N2O20S. The highest BCUT2D eigenvalue weighted by atomic mass is 32.2. The molecule has 56 heavy (non-hydrogen) atoms. The Bertz CT molecular complexity index is 1520. The SMILES string of the molecule is CC(=O)N[C@@H](CSC(C)=O)C(=O)N[C@H]1[C@@H](O[C@H]2[C@H](O)[C@@H](OC(C)=O)[C@H](OC(C)=O)[C@@H](OC(C)=O)[C@H]2OC(C)=O)O[C@H](COC(C)=O)[C@@H](OC(C)=O)[C@@H]1OC(C)=O. The fourth-order valence-electron chi connectivity index (χ4n) is 5.82. The molecule has 1 saturated carbocycles. The Morgan fingerprint density at radius 3 is 1.46 bits per heavy atom. The summed E-state index contributed by atoms with van der Waals surface area (Å²) in [4.78, 5) is 124. The van der Waals surface area contributed by atoms with Crippen molar-refractivity contribution in [3.8, 4) is 0 Å². The van der Waals surface area contributed by atoms with Gasteiger partial charge in [-0.25, -0.2) is 0 Å². The van der Waals surface area contributed by atoms with Crippen LogP contribution in [0.2, 0.25) is 0 Å². The van der Waals surface area contributed by atoms with Gasteiger partial charge in [-0.1, -0.05) is 11.8 Å². The van der Waals surface area contributed by atoms with Crippen LogP contribution >= 0.6 is 11.8 Å². The summed E-state index contributed by atoms with van der Waals surface area (Å²) in [5.41, 5.74) is 0. The van der Waals surface area contributed by atoms with E-state index < -0.39 is 139 Å². The number of amides is 2. The third kappa shape index (κ3) is 14.3. The molecule has 314 valence electrons. The number of aliphatic hydroxyl groups excluding tert-OH is 1. The van der Waals surface area contributed by atoms with Crippen molar-refractivity contribution >= 4 is 70.5 Å². The van der Waals surface area contributed by atoms with Crippen molar-refractivity contribution in [1.82, 2.24) is 10.6 Å². The van der Waals surface area contributed by atoms with Gasteiger partial charge in [-0.2, -0.15) is 0 Å². The molecule has 2 rings (SSSR count). The average Bonchev–Trinajstić information content (AvgIpc) is 3.04. The van der Waals surface area contributed by atoms with Crippen LogP contribution in [0.3, 0.4) is 0 Å². The van der Waals surface area contributed by atoms with Crippen LogP contribution in [0.25, 0.3) is 0 Å². The molecule has 0 unspecified atom stereocenters. The minimum atomic E-state index is -2.14. The normalized spacial score (nSPS) is 28.9. The lowest BCUT2D eigenvalue weighted by Gasteiger charge is -2.50. The number of esters is 7. The first-order valence-electron chi connectivity index (χ1n) is 16.9. The number of carbonyl (C=O) groups is 10. The number of hydrogen-bond acceptors (Lipinski definition) is 21. The van der Waals surface area contributed by atoms with Crippen LogP contribution in [0.15, 0.2) is 0 Å². The Kier molecular flexibility index (Phi) is 18.1. The van der Waals surface area contributed by atoms with Gasteiger partial charge in [0.1, 0.15) is 37.0 Å². The topological polar surface area (TPSA) is 298 Å². The molecule has 2 fully saturated rings. The molecular weight excluding hydrogens is 776 g/mol. The number of rotatable bonds is 15. The van der Waals surface area contributed by atoms with Gasteiger partial charge in [0.2, 0.25) is 11.8 Å². The second kappa shape index (κ2) is 21.4. The van der Waals surface area contributed by atoms with Crippen LogP contribution in [0.5, 0.6) is 0 Å². The van der Waals surface area contributed by atoms with Crippen molar-refractivity contribution in [3.63, 3.8) is 0 Å². The Hall–Kier alpha value is -4.87. The maximum Gasteiger partial charge on any atom is 0.303 e. The summed E-state index contributed by atoms with van der Waals surface area (Å²) in [6, 6.07) is -3.25. The highest BCUT2D eigenvalue weighted by molar-refractivity contribution is 8.13. The summed E-state index contributed by atoms with van der Waals surface area (Å²) in [5.74, 6) is -8.91. The number of aliphatic hydroxyl groups is 1. The molecule has 2 aliphatic rings. The van der Waals surface area contributed by atoms with Gasteiger partial charge in [-0.3, -0.25) is 47.9 Å². The second-order valence-corrected chi connectivity index (χ2v) is 13.7. The lowest BCUT2D eigenvalue weighted by molar-refractivity contribution is -0.323. The van der Waals surface area contributed by atoms with Crippen molar-refractivity contribution < 1.29 is 95.7 Å². The zero-order chi connectivity index (χ0) is 42.6. The Morgan fingerprint density at radius 2 is 1.02 bits per heavy atom. The van der Waals surface area contributed by atoms with Crippen LogP contribution < -0.4 is 10.6 Å².